The first kappa shape index (κ1) is 24.0. The third kappa shape index (κ3) is 3.27. The molecule has 2 nitrogen and oxygen atoms in total. The predicted molar refractivity (Wildman–Crippen MR) is 189 cm³/mol. The highest BCUT2D eigenvalue weighted by Gasteiger charge is 2.18. The van der Waals surface area contributed by atoms with Crippen molar-refractivity contribution < 1.29 is 0 Å². The third-order valence-corrected chi connectivity index (χ3v) is 10.4. The Balaban J connectivity index is 1.20. The molecule has 10 rings (SSSR count). The minimum absolute atomic E-state index is 0.992. The van der Waals surface area contributed by atoms with Crippen LogP contribution in [0.3, 0.4) is 0 Å². The quantitative estimate of drug-likeness (QED) is 0.187. The van der Waals surface area contributed by atoms with Crippen LogP contribution in [0.25, 0.3) is 91.2 Å². The average molecular weight is 577 g/mol. The molecule has 0 fully saturated rings. The molecule has 7 aromatic carbocycles. The summed E-state index contributed by atoms with van der Waals surface area (Å²) in [7, 11) is 0. The summed E-state index contributed by atoms with van der Waals surface area (Å²) in [5.41, 5.74) is 4.83. The van der Waals surface area contributed by atoms with Gasteiger partial charge in [-0.05, 0) is 79.8 Å². The van der Waals surface area contributed by atoms with Gasteiger partial charge in [-0.15, -0.1) is 11.3 Å². The second-order valence-corrected chi connectivity index (χ2v) is 12.6. The predicted octanol–water partition coefficient (Wildman–Crippen LogP) is 11.7. The lowest BCUT2D eigenvalue weighted by Crippen LogP contribution is -1.96. The molecule has 0 atom stereocenters. The van der Waals surface area contributed by atoms with Gasteiger partial charge in [0.2, 0.25) is 0 Å². The smallest absolute Gasteiger partial charge is 0.155 e. The highest BCUT2D eigenvalue weighted by atomic mass is 32.1. The van der Waals surface area contributed by atoms with E-state index in [4.69, 9.17) is 4.98 Å². The number of thiophene rings is 1. The van der Waals surface area contributed by atoms with Gasteiger partial charge in [0, 0.05) is 32.4 Å². The van der Waals surface area contributed by atoms with E-state index in [2.05, 4.69) is 144 Å². The van der Waals surface area contributed by atoms with Crippen molar-refractivity contribution in [2.24, 2.45) is 0 Å². The molecule has 3 heteroatoms. The van der Waals surface area contributed by atoms with Gasteiger partial charge in [-0.2, -0.15) is 0 Å². The van der Waals surface area contributed by atoms with Crippen LogP contribution in [0.4, 0.5) is 0 Å². The molecule has 0 unspecified atom stereocenters. The topological polar surface area (TPSA) is 17.8 Å². The Hall–Kier alpha value is -5.51. The minimum atomic E-state index is 0.992. The lowest BCUT2D eigenvalue weighted by atomic mass is 9.92. The van der Waals surface area contributed by atoms with Gasteiger partial charge in [0.05, 0.1) is 15.7 Å². The molecule has 0 saturated carbocycles. The van der Waals surface area contributed by atoms with Gasteiger partial charge in [0.15, 0.2) is 5.82 Å². The zero-order valence-electron chi connectivity index (χ0n) is 23.7. The van der Waals surface area contributed by atoms with Crippen molar-refractivity contribution in [2.75, 3.05) is 0 Å². The van der Waals surface area contributed by atoms with Crippen LogP contribution in [0.15, 0.2) is 146 Å². The number of pyridine rings is 1. The molecule has 0 aliphatic carbocycles. The molecular weight excluding hydrogens is 553 g/mol. The minimum Gasteiger partial charge on any atom is -0.293 e. The van der Waals surface area contributed by atoms with Crippen LogP contribution < -0.4 is 0 Å². The summed E-state index contributed by atoms with van der Waals surface area (Å²) in [6.45, 7) is 0. The number of nitrogens with zero attached hydrogens (tertiary/aromatic N) is 2. The first-order valence-corrected chi connectivity index (χ1v) is 15.8. The first-order chi connectivity index (χ1) is 21.8. The Morgan fingerprint density at radius 2 is 0.909 bits per heavy atom. The van der Waals surface area contributed by atoms with Gasteiger partial charge in [0.25, 0.3) is 0 Å². The summed E-state index contributed by atoms with van der Waals surface area (Å²) in [5, 5.41) is 12.8. The first-order valence-electron chi connectivity index (χ1n) is 15.0. The maximum Gasteiger partial charge on any atom is 0.155 e. The Bertz CT molecular complexity index is 2690. The summed E-state index contributed by atoms with van der Waals surface area (Å²) in [6.07, 6.45) is 1.97. The van der Waals surface area contributed by atoms with E-state index in [1.165, 1.54) is 85.4 Å². The largest absolute Gasteiger partial charge is 0.293 e. The molecule has 10 aromatic rings. The number of hydrogen-bond donors (Lipinski definition) is 0. The number of benzene rings is 7. The van der Waals surface area contributed by atoms with Crippen LogP contribution in [-0.4, -0.2) is 9.55 Å². The van der Waals surface area contributed by atoms with Crippen molar-refractivity contribution in [1.29, 1.82) is 0 Å². The van der Waals surface area contributed by atoms with Gasteiger partial charge in [-0.1, -0.05) is 103 Å². The highest BCUT2D eigenvalue weighted by Crippen LogP contribution is 2.42. The number of aromatic nitrogens is 2. The molecule has 3 aromatic heterocycles. The Kier molecular flexibility index (Phi) is 4.90. The summed E-state index contributed by atoms with van der Waals surface area (Å²) >= 11 is 1.83. The summed E-state index contributed by atoms with van der Waals surface area (Å²) in [6, 6.07) is 50.9. The molecule has 44 heavy (non-hydrogen) atoms. The number of para-hydroxylation sites is 2. The number of rotatable bonds is 2. The molecule has 0 aliphatic heterocycles. The van der Waals surface area contributed by atoms with E-state index < -0.39 is 0 Å². The van der Waals surface area contributed by atoms with Gasteiger partial charge in [-0.3, -0.25) is 4.57 Å². The fraction of sp³-hybridized carbons (Fsp3) is 0. The van der Waals surface area contributed by atoms with Gasteiger partial charge >= 0.3 is 0 Å². The van der Waals surface area contributed by atoms with Gasteiger partial charge in [-0.25, -0.2) is 4.98 Å². The van der Waals surface area contributed by atoms with Crippen LogP contribution >= 0.6 is 11.3 Å². The SMILES string of the molecule is c1ccc2c(c1)c1ccccc1c1cc(-c3ccc4sc5c(-n6c7ccccc7c7ccccc76)nccc5c4c3)ccc21. The van der Waals surface area contributed by atoms with E-state index in [9.17, 15) is 0 Å². The van der Waals surface area contributed by atoms with E-state index in [0.29, 0.717) is 0 Å². The van der Waals surface area contributed by atoms with Crippen molar-refractivity contribution >= 4 is 85.6 Å². The maximum atomic E-state index is 4.99. The van der Waals surface area contributed by atoms with E-state index in [-0.39, 0.29) is 0 Å². The Morgan fingerprint density at radius 3 is 1.55 bits per heavy atom. The lowest BCUT2D eigenvalue weighted by Gasteiger charge is -2.12. The normalized spacial score (nSPS) is 12.1. The van der Waals surface area contributed by atoms with Crippen molar-refractivity contribution in [3.63, 3.8) is 0 Å². The fourth-order valence-corrected chi connectivity index (χ4v) is 8.42. The second-order valence-electron chi connectivity index (χ2n) is 11.5. The Labute approximate surface area is 257 Å². The summed E-state index contributed by atoms with van der Waals surface area (Å²) in [4.78, 5) is 4.99. The monoisotopic (exact) mass is 576 g/mol. The molecule has 0 N–H and O–H groups in total. The van der Waals surface area contributed by atoms with Crippen LogP contribution in [0.1, 0.15) is 0 Å². The molecule has 0 saturated heterocycles. The van der Waals surface area contributed by atoms with Crippen molar-refractivity contribution in [2.45, 2.75) is 0 Å². The van der Waals surface area contributed by atoms with E-state index in [1.807, 2.05) is 17.5 Å². The van der Waals surface area contributed by atoms with Crippen LogP contribution in [0, 0.1) is 0 Å². The highest BCUT2D eigenvalue weighted by molar-refractivity contribution is 7.26. The second kappa shape index (κ2) is 9.00. The molecule has 3 heterocycles. The fourth-order valence-electron chi connectivity index (χ4n) is 7.27. The summed E-state index contributed by atoms with van der Waals surface area (Å²) < 4.78 is 4.82. The number of fused-ring (bicyclic) bond motifs is 12. The lowest BCUT2D eigenvalue weighted by molar-refractivity contribution is 1.11. The van der Waals surface area contributed by atoms with E-state index in [1.54, 1.807) is 0 Å². The van der Waals surface area contributed by atoms with E-state index in [0.717, 1.165) is 5.82 Å². The molecule has 0 radical (unpaired) electrons. The number of hydrogen-bond acceptors (Lipinski definition) is 2. The molecule has 0 aliphatic rings. The average Bonchev–Trinajstić information content (AvgIpc) is 3.64. The molecule has 0 bridgehead atoms. The molecule has 204 valence electrons. The van der Waals surface area contributed by atoms with Crippen LogP contribution in [0.2, 0.25) is 0 Å². The third-order valence-electron chi connectivity index (χ3n) is 9.24. The molecule has 0 spiro atoms. The van der Waals surface area contributed by atoms with Gasteiger partial charge < -0.3 is 0 Å². The molecule has 0 amide bonds. The zero-order valence-corrected chi connectivity index (χ0v) is 24.5. The van der Waals surface area contributed by atoms with Crippen LogP contribution in [-0.2, 0) is 0 Å². The van der Waals surface area contributed by atoms with Gasteiger partial charge in [0.1, 0.15) is 0 Å². The zero-order chi connectivity index (χ0) is 28.8. The molecular formula is C41H24N2S. The van der Waals surface area contributed by atoms with Crippen molar-refractivity contribution in [3.8, 4) is 16.9 Å². The standard InChI is InChI=1S/C41H24N2S/c1-2-11-29-27(9-1)28-10-3-4-12-30(28)35-23-25(17-19-31(29)35)26-18-20-39-36(24-26)34-21-22-42-41(40(34)44-39)43-37-15-7-5-13-32(37)33-14-6-8-16-38(33)43/h1-24H. The Morgan fingerprint density at radius 1 is 0.409 bits per heavy atom. The van der Waals surface area contributed by atoms with E-state index >= 15 is 0 Å². The summed E-state index contributed by atoms with van der Waals surface area (Å²) in [5.74, 6) is 0.992. The van der Waals surface area contributed by atoms with Crippen molar-refractivity contribution in [3.05, 3.63) is 146 Å². The maximum absolute atomic E-state index is 4.99. The van der Waals surface area contributed by atoms with Crippen LogP contribution in [0.5, 0.6) is 0 Å². The van der Waals surface area contributed by atoms with Crippen molar-refractivity contribution in [1.82, 2.24) is 9.55 Å².